The molecule has 0 radical (unpaired) electrons. The number of carbonyl (C=O) groups is 2. The molecule has 2 heterocycles. The van der Waals surface area contributed by atoms with Crippen LogP contribution in [0.1, 0.15) is 24.8 Å². The average molecular weight is 285 g/mol. The van der Waals surface area contributed by atoms with Crippen molar-refractivity contribution in [1.82, 2.24) is 15.1 Å². The number of urea groups is 1. The second-order valence-electron chi connectivity index (χ2n) is 5.45. The maximum absolute atomic E-state index is 12.3. The third kappa shape index (κ3) is 3.13. The summed E-state index contributed by atoms with van der Waals surface area (Å²) in [6.45, 7) is 2.29. The van der Waals surface area contributed by atoms with E-state index in [1.165, 1.54) is 11.3 Å². The fourth-order valence-electron chi connectivity index (χ4n) is 2.72. The number of amides is 3. The average Bonchev–Trinajstić information content (AvgIpc) is 2.77. The van der Waals surface area contributed by atoms with Crippen molar-refractivity contribution in [2.75, 3.05) is 19.8 Å². The zero-order valence-corrected chi connectivity index (χ0v) is 11.9. The van der Waals surface area contributed by atoms with Gasteiger partial charge in [-0.1, -0.05) is 36.8 Å². The number of hydrogen-bond acceptors (Lipinski definition) is 3. The van der Waals surface area contributed by atoms with Crippen LogP contribution in [0.3, 0.4) is 0 Å². The van der Waals surface area contributed by atoms with Crippen LogP contribution in [-0.2, 0) is 4.79 Å². The first kappa shape index (κ1) is 13.8. The van der Waals surface area contributed by atoms with E-state index in [2.05, 4.69) is 10.2 Å². The largest absolute Gasteiger partial charge is 0.330 e. The Morgan fingerprint density at radius 1 is 1.05 bits per heavy atom. The van der Waals surface area contributed by atoms with Crippen molar-refractivity contribution in [2.24, 2.45) is 0 Å². The van der Waals surface area contributed by atoms with Gasteiger partial charge in [-0.15, -0.1) is 0 Å². The summed E-state index contributed by atoms with van der Waals surface area (Å²) in [5, 5.41) is 2.66. The molecule has 2 aliphatic heterocycles. The Labute approximate surface area is 124 Å². The molecule has 2 saturated heterocycles. The van der Waals surface area contributed by atoms with Gasteiger partial charge in [0.25, 0.3) is 5.91 Å². The Kier molecular flexibility index (Phi) is 4.01. The minimum atomic E-state index is -0.326. The van der Waals surface area contributed by atoms with Gasteiger partial charge in [-0.05, 0) is 37.6 Å². The highest BCUT2D eigenvalue weighted by Crippen LogP contribution is 2.16. The summed E-state index contributed by atoms with van der Waals surface area (Å²) < 4.78 is 0. The van der Waals surface area contributed by atoms with Gasteiger partial charge in [-0.2, -0.15) is 0 Å². The van der Waals surface area contributed by atoms with Gasteiger partial charge in [0.05, 0.1) is 6.67 Å². The van der Waals surface area contributed by atoms with Gasteiger partial charge in [-0.3, -0.25) is 9.69 Å². The van der Waals surface area contributed by atoms with Crippen molar-refractivity contribution in [3.63, 3.8) is 0 Å². The van der Waals surface area contributed by atoms with Crippen molar-refractivity contribution < 1.29 is 9.59 Å². The number of likely N-dealkylation sites (tertiary alicyclic amines) is 1. The molecule has 0 aromatic heterocycles. The van der Waals surface area contributed by atoms with Crippen LogP contribution in [0, 0.1) is 0 Å². The van der Waals surface area contributed by atoms with Crippen LogP contribution in [0.25, 0.3) is 6.08 Å². The summed E-state index contributed by atoms with van der Waals surface area (Å²) in [6.07, 6.45) is 5.22. The highest BCUT2D eigenvalue weighted by Gasteiger charge is 2.34. The quantitative estimate of drug-likeness (QED) is 0.683. The molecule has 0 unspecified atom stereocenters. The van der Waals surface area contributed by atoms with Crippen LogP contribution in [0.4, 0.5) is 4.79 Å². The Bertz CT molecular complexity index is 562. The normalized spacial score (nSPS) is 21.9. The maximum atomic E-state index is 12.3. The van der Waals surface area contributed by atoms with Crippen molar-refractivity contribution in [2.45, 2.75) is 19.3 Å². The predicted octanol–water partition coefficient (Wildman–Crippen LogP) is 2.02. The first-order valence-electron chi connectivity index (χ1n) is 7.36. The van der Waals surface area contributed by atoms with Crippen LogP contribution >= 0.6 is 0 Å². The SMILES string of the molecule is O=C1N/C(=C\c2ccccc2)C(=O)N1CN1CCCCC1. The highest BCUT2D eigenvalue weighted by atomic mass is 16.2. The first-order valence-corrected chi connectivity index (χ1v) is 7.36. The van der Waals surface area contributed by atoms with Gasteiger partial charge in [0.1, 0.15) is 5.70 Å². The van der Waals surface area contributed by atoms with Crippen LogP contribution in [-0.4, -0.2) is 41.5 Å². The highest BCUT2D eigenvalue weighted by molar-refractivity contribution is 6.13. The third-order valence-corrected chi connectivity index (χ3v) is 3.86. The van der Waals surface area contributed by atoms with E-state index in [4.69, 9.17) is 0 Å². The van der Waals surface area contributed by atoms with Gasteiger partial charge in [0, 0.05) is 0 Å². The van der Waals surface area contributed by atoms with Gasteiger partial charge < -0.3 is 5.32 Å². The smallest absolute Gasteiger partial charge is 0.303 e. The van der Waals surface area contributed by atoms with Gasteiger partial charge in [-0.25, -0.2) is 9.69 Å². The lowest BCUT2D eigenvalue weighted by Gasteiger charge is -2.28. The summed E-state index contributed by atoms with van der Waals surface area (Å²) in [5.41, 5.74) is 1.25. The summed E-state index contributed by atoms with van der Waals surface area (Å²) in [4.78, 5) is 27.8. The summed E-state index contributed by atoms with van der Waals surface area (Å²) in [7, 11) is 0. The van der Waals surface area contributed by atoms with Gasteiger partial charge >= 0.3 is 6.03 Å². The molecule has 1 aromatic rings. The molecule has 1 aromatic carbocycles. The number of rotatable bonds is 3. The van der Waals surface area contributed by atoms with Gasteiger partial charge in [0.2, 0.25) is 0 Å². The summed E-state index contributed by atoms with van der Waals surface area (Å²) in [5.74, 6) is -0.241. The molecule has 2 aliphatic rings. The number of imide groups is 1. The van der Waals surface area contributed by atoms with E-state index in [0.29, 0.717) is 12.4 Å². The molecule has 0 atom stereocenters. The summed E-state index contributed by atoms with van der Waals surface area (Å²) in [6, 6.07) is 9.20. The molecule has 0 aliphatic carbocycles. The molecule has 110 valence electrons. The number of nitrogens with zero attached hydrogens (tertiary/aromatic N) is 2. The van der Waals surface area contributed by atoms with E-state index in [-0.39, 0.29) is 11.9 Å². The zero-order valence-electron chi connectivity index (χ0n) is 11.9. The van der Waals surface area contributed by atoms with Crippen LogP contribution in [0.2, 0.25) is 0 Å². The summed E-state index contributed by atoms with van der Waals surface area (Å²) >= 11 is 0. The lowest BCUT2D eigenvalue weighted by molar-refractivity contribution is -0.124. The molecule has 0 bridgehead atoms. The molecular weight excluding hydrogens is 266 g/mol. The maximum Gasteiger partial charge on any atom is 0.330 e. The molecule has 3 amide bonds. The molecule has 5 nitrogen and oxygen atoms in total. The van der Waals surface area contributed by atoms with Gasteiger partial charge in [0.15, 0.2) is 0 Å². The number of benzene rings is 1. The molecule has 21 heavy (non-hydrogen) atoms. The van der Waals surface area contributed by atoms with Crippen molar-refractivity contribution in [3.8, 4) is 0 Å². The van der Waals surface area contributed by atoms with E-state index in [1.807, 2.05) is 30.3 Å². The Balaban J connectivity index is 1.71. The minimum Gasteiger partial charge on any atom is -0.303 e. The Morgan fingerprint density at radius 3 is 2.48 bits per heavy atom. The number of hydrogen-bond donors (Lipinski definition) is 1. The Morgan fingerprint density at radius 2 is 1.76 bits per heavy atom. The molecule has 3 rings (SSSR count). The lowest BCUT2D eigenvalue weighted by atomic mass is 10.1. The van der Waals surface area contributed by atoms with E-state index in [0.717, 1.165) is 31.5 Å². The van der Waals surface area contributed by atoms with Crippen LogP contribution in [0.15, 0.2) is 36.0 Å². The molecule has 1 N–H and O–H groups in total. The van der Waals surface area contributed by atoms with E-state index < -0.39 is 0 Å². The number of nitrogens with one attached hydrogen (secondary N) is 1. The molecule has 0 saturated carbocycles. The van der Waals surface area contributed by atoms with E-state index in [1.54, 1.807) is 6.08 Å². The van der Waals surface area contributed by atoms with E-state index in [9.17, 15) is 9.59 Å². The van der Waals surface area contributed by atoms with E-state index >= 15 is 0 Å². The molecule has 0 spiro atoms. The predicted molar refractivity (Wildman–Crippen MR) is 80.1 cm³/mol. The fraction of sp³-hybridized carbons (Fsp3) is 0.375. The van der Waals surface area contributed by atoms with Crippen LogP contribution < -0.4 is 5.32 Å². The van der Waals surface area contributed by atoms with Crippen molar-refractivity contribution in [1.29, 1.82) is 0 Å². The molecule has 2 fully saturated rings. The number of piperidine rings is 1. The third-order valence-electron chi connectivity index (χ3n) is 3.86. The standard InChI is InChI=1S/C16H19N3O2/c20-15-14(11-13-7-3-1-4-8-13)17-16(21)19(15)12-18-9-5-2-6-10-18/h1,3-4,7-8,11H,2,5-6,9-10,12H2,(H,17,21)/b14-11-. The topological polar surface area (TPSA) is 52.7 Å². The zero-order chi connectivity index (χ0) is 14.7. The minimum absolute atomic E-state index is 0.241. The lowest BCUT2D eigenvalue weighted by Crippen LogP contribution is -2.43. The monoisotopic (exact) mass is 285 g/mol. The van der Waals surface area contributed by atoms with Crippen molar-refractivity contribution >= 4 is 18.0 Å². The Hall–Kier alpha value is -2.14. The van der Waals surface area contributed by atoms with Crippen LogP contribution in [0.5, 0.6) is 0 Å². The molecular formula is C16H19N3O2. The first-order chi connectivity index (χ1) is 10.2. The molecule has 5 heteroatoms. The van der Waals surface area contributed by atoms with Crippen molar-refractivity contribution in [3.05, 3.63) is 41.6 Å². The fourth-order valence-corrected chi connectivity index (χ4v) is 2.72. The number of carbonyl (C=O) groups excluding carboxylic acids is 2. The second kappa shape index (κ2) is 6.10. The second-order valence-corrected chi connectivity index (χ2v) is 5.45.